The summed E-state index contributed by atoms with van der Waals surface area (Å²) in [6, 6.07) is 13.6. The van der Waals surface area contributed by atoms with Gasteiger partial charge in [-0.3, -0.25) is 4.79 Å². The first-order valence-corrected chi connectivity index (χ1v) is 9.35. The number of benzene rings is 1. The fourth-order valence-corrected chi connectivity index (χ4v) is 3.44. The zero-order valence-corrected chi connectivity index (χ0v) is 16.1. The zero-order chi connectivity index (χ0) is 19.5. The lowest BCUT2D eigenvalue weighted by molar-refractivity contribution is 0.102. The third kappa shape index (κ3) is 3.61. The van der Waals surface area contributed by atoms with Gasteiger partial charge in [-0.2, -0.15) is 5.10 Å². The van der Waals surface area contributed by atoms with Crippen LogP contribution in [0, 0.1) is 13.8 Å². The van der Waals surface area contributed by atoms with E-state index < -0.39 is 0 Å². The van der Waals surface area contributed by atoms with Crippen molar-refractivity contribution in [1.29, 1.82) is 0 Å². The largest absolute Gasteiger partial charge is 0.378 e. The van der Waals surface area contributed by atoms with Gasteiger partial charge in [-0.25, -0.2) is 9.67 Å². The molecule has 7 nitrogen and oxygen atoms in total. The molecule has 0 radical (unpaired) electrons. The molecule has 3 aromatic rings. The number of amides is 1. The van der Waals surface area contributed by atoms with Crippen molar-refractivity contribution in [2.45, 2.75) is 13.8 Å². The number of aromatic nitrogens is 3. The maximum absolute atomic E-state index is 12.9. The van der Waals surface area contributed by atoms with Gasteiger partial charge in [-0.05, 0) is 38.1 Å². The van der Waals surface area contributed by atoms with Crippen LogP contribution in [0.3, 0.4) is 0 Å². The Morgan fingerprint density at radius 1 is 1.04 bits per heavy atom. The van der Waals surface area contributed by atoms with Gasteiger partial charge in [0.05, 0.1) is 47.7 Å². The lowest BCUT2D eigenvalue weighted by Crippen LogP contribution is -2.36. The lowest BCUT2D eigenvalue weighted by Gasteiger charge is -2.28. The molecule has 1 aliphatic heterocycles. The van der Waals surface area contributed by atoms with Gasteiger partial charge in [0.1, 0.15) is 5.82 Å². The molecule has 0 unspecified atom stereocenters. The Labute approximate surface area is 164 Å². The van der Waals surface area contributed by atoms with Crippen LogP contribution in [-0.2, 0) is 4.74 Å². The van der Waals surface area contributed by atoms with Crippen LogP contribution in [0.4, 0.5) is 11.5 Å². The Bertz CT molecular complexity index is 960. The Morgan fingerprint density at radius 2 is 1.79 bits per heavy atom. The van der Waals surface area contributed by atoms with E-state index in [-0.39, 0.29) is 5.91 Å². The summed E-state index contributed by atoms with van der Waals surface area (Å²) in [4.78, 5) is 19.5. The van der Waals surface area contributed by atoms with Gasteiger partial charge in [0.15, 0.2) is 0 Å². The van der Waals surface area contributed by atoms with E-state index in [0.29, 0.717) is 17.1 Å². The van der Waals surface area contributed by atoms with Gasteiger partial charge in [0.25, 0.3) is 5.91 Å². The monoisotopic (exact) mass is 377 g/mol. The average molecular weight is 377 g/mol. The Balaban J connectivity index is 1.52. The number of carbonyl (C=O) groups is 1. The minimum absolute atomic E-state index is 0.205. The molecule has 1 saturated heterocycles. The van der Waals surface area contributed by atoms with E-state index in [4.69, 9.17) is 4.74 Å². The topological polar surface area (TPSA) is 72.3 Å². The number of anilines is 2. The molecule has 1 fully saturated rings. The molecule has 0 saturated carbocycles. The summed E-state index contributed by atoms with van der Waals surface area (Å²) in [6.07, 6.45) is 1.79. The normalized spacial score (nSPS) is 14.1. The molecule has 1 N–H and O–H groups in total. The van der Waals surface area contributed by atoms with Gasteiger partial charge in [-0.15, -0.1) is 0 Å². The molecule has 1 aliphatic rings. The highest BCUT2D eigenvalue weighted by molar-refractivity contribution is 6.05. The Hall–Kier alpha value is -3.19. The third-order valence-electron chi connectivity index (χ3n) is 4.88. The first-order chi connectivity index (χ1) is 13.6. The number of rotatable bonds is 4. The zero-order valence-electron chi connectivity index (χ0n) is 16.1. The summed E-state index contributed by atoms with van der Waals surface area (Å²) in [5.41, 5.74) is 4.01. The fraction of sp³-hybridized carbons (Fsp3) is 0.286. The quantitative estimate of drug-likeness (QED) is 0.757. The molecule has 28 heavy (non-hydrogen) atoms. The maximum atomic E-state index is 12.9. The molecule has 7 heteroatoms. The van der Waals surface area contributed by atoms with Crippen molar-refractivity contribution < 1.29 is 9.53 Å². The van der Waals surface area contributed by atoms with Crippen molar-refractivity contribution in [2.75, 3.05) is 36.5 Å². The number of hydrogen-bond donors (Lipinski definition) is 1. The van der Waals surface area contributed by atoms with Crippen molar-refractivity contribution in [1.82, 2.24) is 14.8 Å². The molecule has 0 aliphatic carbocycles. The van der Waals surface area contributed by atoms with E-state index in [1.807, 2.05) is 56.3 Å². The summed E-state index contributed by atoms with van der Waals surface area (Å²) in [6.45, 7) is 6.90. The number of aryl methyl sites for hydroxylation is 1. The summed E-state index contributed by atoms with van der Waals surface area (Å²) >= 11 is 0. The predicted molar refractivity (Wildman–Crippen MR) is 108 cm³/mol. The highest BCUT2D eigenvalue weighted by atomic mass is 16.5. The van der Waals surface area contributed by atoms with Crippen LogP contribution in [0.5, 0.6) is 0 Å². The van der Waals surface area contributed by atoms with E-state index in [9.17, 15) is 4.79 Å². The van der Waals surface area contributed by atoms with Crippen LogP contribution in [0.25, 0.3) is 5.69 Å². The van der Waals surface area contributed by atoms with Crippen molar-refractivity contribution >= 4 is 17.4 Å². The van der Waals surface area contributed by atoms with Gasteiger partial charge in [-0.1, -0.05) is 18.2 Å². The number of pyridine rings is 1. The number of hydrogen-bond acceptors (Lipinski definition) is 5. The van der Waals surface area contributed by atoms with Gasteiger partial charge >= 0.3 is 0 Å². The van der Waals surface area contributed by atoms with Crippen molar-refractivity contribution in [3.63, 3.8) is 0 Å². The SMILES string of the molecule is Cc1nn(-c2ccccc2)c(C)c1C(=O)Nc1ccc(N2CCOCC2)cn1. The minimum atomic E-state index is -0.205. The van der Waals surface area contributed by atoms with Gasteiger partial charge in [0, 0.05) is 13.1 Å². The summed E-state index contributed by atoms with van der Waals surface area (Å²) in [5.74, 6) is 0.317. The number of nitrogens with zero attached hydrogens (tertiary/aromatic N) is 4. The molecule has 2 aromatic heterocycles. The van der Waals surface area contributed by atoms with Crippen LogP contribution in [0.1, 0.15) is 21.7 Å². The minimum Gasteiger partial charge on any atom is -0.378 e. The number of ether oxygens (including phenoxy) is 1. The first kappa shape index (κ1) is 18.2. The molecule has 0 spiro atoms. The molecular weight excluding hydrogens is 354 g/mol. The standard InChI is InChI=1S/C21H23N5O2/c1-15-20(16(2)26(24-15)17-6-4-3-5-7-17)21(27)23-19-9-8-18(14-22-19)25-10-12-28-13-11-25/h3-9,14H,10-13H2,1-2H3,(H,22,23,27). The summed E-state index contributed by atoms with van der Waals surface area (Å²) in [7, 11) is 0. The smallest absolute Gasteiger partial charge is 0.260 e. The van der Waals surface area contributed by atoms with E-state index in [2.05, 4.69) is 20.3 Å². The number of morpholine rings is 1. The number of para-hydroxylation sites is 1. The van der Waals surface area contributed by atoms with E-state index >= 15 is 0 Å². The second-order valence-electron chi connectivity index (χ2n) is 6.75. The molecular formula is C21H23N5O2. The highest BCUT2D eigenvalue weighted by Crippen LogP contribution is 2.20. The van der Waals surface area contributed by atoms with Crippen LogP contribution < -0.4 is 10.2 Å². The maximum Gasteiger partial charge on any atom is 0.260 e. The van der Waals surface area contributed by atoms with Crippen molar-refractivity contribution in [3.05, 3.63) is 65.6 Å². The molecule has 0 bridgehead atoms. The van der Waals surface area contributed by atoms with Gasteiger partial charge < -0.3 is 15.0 Å². The van der Waals surface area contributed by atoms with Crippen LogP contribution in [0.15, 0.2) is 48.7 Å². The van der Waals surface area contributed by atoms with Crippen molar-refractivity contribution in [2.24, 2.45) is 0 Å². The summed E-state index contributed by atoms with van der Waals surface area (Å²) in [5, 5.41) is 7.42. The molecule has 1 aromatic carbocycles. The van der Waals surface area contributed by atoms with E-state index in [1.165, 1.54) is 0 Å². The molecule has 144 valence electrons. The Kier molecular flexibility index (Phi) is 5.08. The molecule has 0 atom stereocenters. The second-order valence-corrected chi connectivity index (χ2v) is 6.75. The first-order valence-electron chi connectivity index (χ1n) is 9.35. The number of carbonyl (C=O) groups excluding carboxylic acids is 1. The average Bonchev–Trinajstić information content (AvgIpc) is 3.04. The lowest BCUT2D eigenvalue weighted by atomic mass is 10.2. The second kappa shape index (κ2) is 7.82. The highest BCUT2D eigenvalue weighted by Gasteiger charge is 2.20. The van der Waals surface area contributed by atoms with Crippen molar-refractivity contribution in [3.8, 4) is 5.69 Å². The molecule has 1 amide bonds. The molecule has 4 rings (SSSR count). The molecule has 3 heterocycles. The van der Waals surface area contributed by atoms with Gasteiger partial charge in [0.2, 0.25) is 0 Å². The fourth-order valence-electron chi connectivity index (χ4n) is 3.44. The predicted octanol–water partition coefficient (Wildman–Crippen LogP) is 2.97. The Morgan fingerprint density at radius 3 is 2.46 bits per heavy atom. The van der Waals surface area contributed by atoms with Crippen LogP contribution in [0.2, 0.25) is 0 Å². The van der Waals surface area contributed by atoms with E-state index in [0.717, 1.165) is 43.4 Å². The van der Waals surface area contributed by atoms with Crippen LogP contribution in [-0.4, -0.2) is 47.0 Å². The third-order valence-corrected chi connectivity index (χ3v) is 4.88. The van der Waals surface area contributed by atoms with Crippen LogP contribution >= 0.6 is 0 Å². The van der Waals surface area contributed by atoms with E-state index in [1.54, 1.807) is 10.9 Å². The summed E-state index contributed by atoms with van der Waals surface area (Å²) < 4.78 is 7.17. The number of nitrogens with one attached hydrogen (secondary N) is 1.